The van der Waals surface area contributed by atoms with Crippen molar-refractivity contribution in [2.45, 2.75) is 20.5 Å². The van der Waals surface area contributed by atoms with Crippen LogP contribution in [0.25, 0.3) is 10.2 Å². The molecule has 0 unspecified atom stereocenters. The summed E-state index contributed by atoms with van der Waals surface area (Å²) in [5.41, 5.74) is 1.69. The molecule has 1 aromatic carbocycles. The van der Waals surface area contributed by atoms with Crippen LogP contribution in [0.5, 0.6) is 5.88 Å². The average molecular weight is 451 g/mol. The van der Waals surface area contributed by atoms with Crippen LogP contribution in [-0.4, -0.2) is 44.3 Å². The SMILES string of the molecule is CCS(=O)(=O)Nc1ccc(NC(=O)c2sc3nc(COC)nc(OC)c3c2C)cc1. The molecule has 0 saturated heterocycles. The molecule has 0 saturated carbocycles. The Morgan fingerprint density at radius 2 is 1.80 bits per heavy atom. The number of nitrogens with zero attached hydrogens (tertiary/aromatic N) is 2. The fourth-order valence-electron chi connectivity index (χ4n) is 2.76. The van der Waals surface area contributed by atoms with Crippen LogP contribution < -0.4 is 14.8 Å². The highest BCUT2D eigenvalue weighted by Gasteiger charge is 2.21. The zero-order valence-electron chi connectivity index (χ0n) is 17.0. The largest absolute Gasteiger partial charge is 0.480 e. The van der Waals surface area contributed by atoms with Crippen LogP contribution in [0.4, 0.5) is 11.4 Å². The second kappa shape index (κ2) is 8.94. The van der Waals surface area contributed by atoms with Crippen molar-refractivity contribution < 1.29 is 22.7 Å². The van der Waals surface area contributed by atoms with E-state index >= 15 is 0 Å². The Kier molecular flexibility index (Phi) is 6.54. The number of benzene rings is 1. The van der Waals surface area contributed by atoms with Crippen molar-refractivity contribution in [2.24, 2.45) is 0 Å². The van der Waals surface area contributed by atoms with E-state index in [1.807, 2.05) is 6.92 Å². The number of methoxy groups -OCH3 is 2. The smallest absolute Gasteiger partial charge is 0.266 e. The Hall–Kier alpha value is -2.76. The van der Waals surface area contributed by atoms with Gasteiger partial charge in [0.1, 0.15) is 11.4 Å². The summed E-state index contributed by atoms with van der Waals surface area (Å²) in [6.45, 7) is 3.61. The molecule has 3 aromatic rings. The summed E-state index contributed by atoms with van der Waals surface area (Å²) in [5, 5.41) is 3.51. The predicted octanol–water partition coefficient (Wildman–Crippen LogP) is 3.17. The van der Waals surface area contributed by atoms with Crippen LogP contribution in [-0.2, 0) is 21.4 Å². The molecule has 0 atom stereocenters. The molecule has 2 N–H and O–H groups in total. The van der Waals surface area contributed by atoms with Gasteiger partial charge in [-0.05, 0) is 43.7 Å². The molecule has 0 aliphatic rings. The normalized spacial score (nSPS) is 11.5. The number of sulfonamides is 1. The van der Waals surface area contributed by atoms with E-state index in [0.29, 0.717) is 38.2 Å². The van der Waals surface area contributed by atoms with E-state index in [-0.39, 0.29) is 18.3 Å². The Labute approximate surface area is 178 Å². The van der Waals surface area contributed by atoms with Crippen molar-refractivity contribution in [1.82, 2.24) is 9.97 Å². The minimum absolute atomic E-state index is 0.0187. The van der Waals surface area contributed by atoms with Gasteiger partial charge in [-0.3, -0.25) is 9.52 Å². The van der Waals surface area contributed by atoms with Gasteiger partial charge in [0.05, 0.1) is 23.1 Å². The zero-order chi connectivity index (χ0) is 21.9. The van der Waals surface area contributed by atoms with Gasteiger partial charge >= 0.3 is 0 Å². The maximum absolute atomic E-state index is 12.8. The highest BCUT2D eigenvalue weighted by atomic mass is 32.2. The van der Waals surface area contributed by atoms with Crippen LogP contribution >= 0.6 is 11.3 Å². The van der Waals surface area contributed by atoms with Crippen molar-refractivity contribution in [3.05, 3.63) is 40.5 Å². The number of aromatic nitrogens is 2. The van der Waals surface area contributed by atoms with E-state index in [1.165, 1.54) is 18.4 Å². The molecular weight excluding hydrogens is 428 g/mol. The summed E-state index contributed by atoms with van der Waals surface area (Å²) < 4.78 is 36.2. The Bertz CT molecular complexity index is 1170. The molecule has 0 fully saturated rings. The van der Waals surface area contributed by atoms with E-state index in [4.69, 9.17) is 9.47 Å². The Balaban J connectivity index is 1.85. The molecule has 0 spiro atoms. The molecule has 0 aliphatic carbocycles. The molecule has 2 heterocycles. The lowest BCUT2D eigenvalue weighted by atomic mass is 10.2. The number of anilines is 2. The van der Waals surface area contributed by atoms with Crippen molar-refractivity contribution in [3.63, 3.8) is 0 Å². The zero-order valence-corrected chi connectivity index (χ0v) is 18.6. The Morgan fingerprint density at radius 3 is 2.40 bits per heavy atom. The van der Waals surface area contributed by atoms with Gasteiger partial charge in [-0.15, -0.1) is 11.3 Å². The first-order valence-corrected chi connectivity index (χ1v) is 11.5. The van der Waals surface area contributed by atoms with E-state index in [1.54, 1.807) is 38.3 Å². The van der Waals surface area contributed by atoms with Crippen molar-refractivity contribution in [2.75, 3.05) is 30.0 Å². The molecule has 2 aromatic heterocycles. The van der Waals surface area contributed by atoms with Crippen LogP contribution in [0.3, 0.4) is 0 Å². The number of carbonyl (C=O) groups is 1. The molecule has 1 amide bonds. The van der Waals surface area contributed by atoms with E-state index < -0.39 is 10.0 Å². The lowest BCUT2D eigenvalue weighted by Crippen LogP contribution is -2.15. The van der Waals surface area contributed by atoms with Crippen LogP contribution in [0, 0.1) is 6.92 Å². The van der Waals surface area contributed by atoms with Crippen LogP contribution in [0.1, 0.15) is 28.0 Å². The summed E-state index contributed by atoms with van der Waals surface area (Å²) in [6.07, 6.45) is 0. The number of amides is 1. The van der Waals surface area contributed by atoms with Crippen LogP contribution in [0.15, 0.2) is 24.3 Å². The average Bonchev–Trinajstić information content (AvgIpc) is 3.05. The first kappa shape index (κ1) is 21.9. The molecule has 0 aliphatic heterocycles. The summed E-state index contributed by atoms with van der Waals surface area (Å²) >= 11 is 1.24. The number of fused-ring (bicyclic) bond motifs is 1. The third kappa shape index (κ3) is 4.69. The van der Waals surface area contributed by atoms with E-state index in [9.17, 15) is 13.2 Å². The second-order valence-electron chi connectivity index (χ2n) is 6.36. The molecule has 11 heteroatoms. The monoisotopic (exact) mass is 450 g/mol. The minimum atomic E-state index is -3.36. The van der Waals surface area contributed by atoms with E-state index in [2.05, 4.69) is 20.0 Å². The maximum Gasteiger partial charge on any atom is 0.266 e. The lowest BCUT2D eigenvalue weighted by Gasteiger charge is -2.08. The molecule has 30 heavy (non-hydrogen) atoms. The third-order valence-corrected chi connectivity index (χ3v) is 6.76. The number of hydrogen-bond donors (Lipinski definition) is 2. The summed E-state index contributed by atoms with van der Waals surface area (Å²) in [4.78, 5) is 22.8. The van der Waals surface area contributed by atoms with Gasteiger partial charge in [-0.1, -0.05) is 0 Å². The van der Waals surface area contributed by atoms with Crippen molar-refractivity contribution in [1.29, 1.82) is 0 Å². The summed E-state index contributed by atoms with van der Waals surface area (Å²) in [6, 6.07) is 6.44. The van der Waals surface area contributed by atoms with Crippen molar-refractivity contribution in [3.8, 4) is 5.88 Å². The number of carbonyl (C=O) groups excluding carboxylic acids is 1. The van der Waals surface area contributed by atoms with E-state index in [0.717, 1.165) is 5.56 Å². The van der Waals surface area contributed by atoms with Gasteiger partial charge in [0.2, 0.25) is 15.9 Å². The Morgan fingerprint density at radius 1 is 1.13 bits per heavy atom. The highest BCUT2D eigenvalue weighted by Crippen LogP contribution is 2.35. The molecule has 160 valence electrons. The second-order valence-corrected chi connectivity index (χ2v) is 9.37. The van der Waals surface area contributed by atoms with Gasteiger partial charge in [0, 0.05) is 18.5 Å². The highest BCUT2D eigenvalue weighted by molar-refractivity contribution is 7.92. The summed E-state index contributed by atoms with van der Waals surface area (Å²) in [5.74, 6) is 0.551. The van der Waals surface area contributed by atoms with Crippen molar-refractivity contribution >= 4 is 48.9 Å². The number of thiophene rings is 1. The first-order chi connectivity index (χ1) is 14.3. The minimum Gasteiger partial charge on any atom is -0.480 e. The fourth-order valence-corrected chi connectivity index (χ4v) is 4.49. The predicted molar refractivity (Wildman–Crippen MR) is 117 cm³/mol. The molecule has 0 bridgehead atoms. The van der Waals surface area contributed by atoms with Crippen LogP contribution in [0.2, 0.25) is 0 Å². The molecule has 3 rings (SSSR count). The summed E-state index contributed by atoms with van der Waals surface area (Å²) in [7, 11) is -0.286. The van der Waals surface area contributed by atoms with Gasteiger partial charge in [0.15, 0.2) is 5.82 Å². The maximum atomic E-state index is 12.8. The van der Waals surface area contributed by atoms with Gasteiger partial charge < -0.3 is 14.8 Å². The number of ether oxygens (including phenoxy) is 2. The van der Waals surface area contributed by atoms with Gasteiger partial charge in [0.25, 0.3) is 5.91 Å². The number of aryl methyl sites for hydroxylation is 1. The standard InChI is InChI=1S/C19H22N4O5S2/c1-5-30(25,26)23-13-8-6-12(7-9-13)20-17(24)16-11(2)15-18(28-4)21-14(10-27-3)22-19(15)29-16/h6-9,23H,5,10H2,1-4H3,(H,20,24). The molecular formula is C19H22N4O5S2. The van der Waals surface area contributed by atoms with Gasteiger partial charge in [-0.25, -0.2) is 13.4 Å². The topological polar surface area (TPSA) is 120 Å². The lowest BCUT2D eigenvalue weighted by molar-refractivity contribution is 0.103. The number of hydrogen-bond acceptors (Lipinski definition) is 8. The van der Waals surface area contributed by atoms with Gasteiger partial charge in [-0.2, -0.15) is 4.98 Å². The fraction of sp³-hybridized carbons (Fsp3) is 0.316. The molecule has 9 nitrogen and oxygen atoms in total. The number of nitrogens with one attached hydrogen (secondary N) is 2. The third-order valence-electron chi connectivity index (χ3n) is 4.27. The quantitative estimate of drug-likeness (QED) is 0.541. The first-order valence-electron chi connectivity index (χ1n) is 9.02. The number of rotatable bonds is 8. The molecule has 0 radical (unpaired) electrons.